The molecule has 2 aromatic rings. The summed E-state index contributed by atoms with van der Waals surface area (Å²) in [5.41, 5.74) is 8.40. The maximum atomic E-state index is 13.0. The molecular formula is C14H17FN6. The SMILES string of the molecule is CN(CCN)Cc1cn[nH]c1-c1cnc(C#N)c(CF)c1. The first-order valence-electron chi connectivity index (χ1n) is 6.55. The number of aromatic amines is 1. The number of alkyl halides is 1. The van der Waals surface area contributed by atoms with E-state index in [1.54, 1.807) is 18.5 Å². The molecule has 0 amide bonds. The molecule has 0 aliphatic heterocycles. The van der Waals surface area contributed by atoms with Crippen LogP contribution in [0, 0.1) is 11.3 Å². The Labute approximate surface area is 122 Å². The average molecular weight is 288 g/mol. The number of nitrogens with two attached hydrogens (primary N) is 1. The molecule has 0 radical (unpaired) electrons. The molecule has 0 atom stereocenters. The van der Waals surface area contributed by atoms with Crippen LogP contribution >= 0.6 is 0 Å². The minimum Gasteiger partial charge on any atom is -0.329 e. The molecule has 21 heavy (non-hydrogen) atoms. The number of H-pyrrole nitrogens is 1. The smallest absolute Gasteiger partial charge is 0.146 e. The minimum absolute atomic E-state index is 0.113. The normalized spacial score (nSPS) is 10.8. The quantitative estimate of drug-likeness (QED) is 0.833. The number of likely N-dealkylation sites (N-methyl/N-ethyl adjacent to an activating group) is 1. The van der Waals surface area contributed by atoms with E-state index < -0.39 is 6.67 Å². The fraction of sp³-hybridized carbons (Fsp3) is 0.357. The number of rotatable bonds is 6. The maximum Gasteiger partial charge on any atom is 0.146 e. The predicted octanol–water partition coefficient (Wildman–Crippen LogP) is 1.20. The second kappa shape index (κ2) is 6.92. The van der Waals surface area contributed by atoms with Gasteiger partial charge in [0.15, 0.2) is 0 Å². The summed E-state index contributed by atoms with van der Waals surface area (Å²) in [6.07, 6.45) is 3.29. The van der Waals surface area contributed by atoms with Crippen LogP contribution in [-0.4, -0.2) is 40.2 Å². The Hall–Kier alpha value is -2.30. The Morgan fingerprint density at radius 3 is 2.90 bits per heavy atom. The molecular weight excluding hydrogens is 271 g/mol. The highest BCUT2D eigenvalue weighted by Crippen LogP contribution is 2.23. The first-order chi connectivity index (χ1) is 10.2. The monoisotopic (exact) mass is 288 g/mol. The maximum absolute atomic E-state index is 13.0. The van der Waals surface area contributed by atoms with Gasteiger partial charge in [-0.2, -0.15) is 10.4 Å². The third-order valence-electron chi connectivity index (χ3n) is 3.17. The minimum atomic E-state index is -0.722. The van der Waals surface area contributed by atoms with Gasteiger partial charge >= 0.3 is 0 Å². The van der Waals surface area contributed by atoms with Gasteiger partial charge in [-0.05, 0) is 13.1 Å². The summed E-state index contributed by atoms with van der Waals surface area (Å²) in [5.74, 6) is 0. The molecule has 6 nitrogen and oxygen atoms in total. The van der Waals surface area contributed by atoms with Crippen LogP contribution in [0.2, 0.25) is 0 Å². The molecule has 0 saturated heterocycles. The molecule has 110 valence electrons. The summed E-state index contributed by atoms with van der Waals surface area (Å²) in [6.45, 7) is 1.30. The molecule has 0 fully saturated rings. The van der Waals surface area contributed by atoms with Crippen LogP contribution in [0.15, 0.2) is 18.5 Å². The van der Waals surface area contributed by atoms with Crippen LogP contribution in [0.4, 0.5) is 4.39 Å². The Morgan fingerprint density at radius 1 is 1.43 bits per heavy atom. The molecule has 3 N–H and O–H groups in total. The largest absolute Gasteiger partial charge is 0.329 e. The first kappa shape index (κ1) is 15.1. The predicted molar refractivity (Wildman–Crippen MR) is 76.7 cm³/mol. The number of nitrogens with zero attached hydrogens (tertiary/aromatic N) is 4. The molecule has 0 unspecified atom stereocenters. The van der Waals surface area contributed by atoms with E-state index in [9.17, 15) is 4.39 Å². The fourth-order valence-electron chi connectivity index (χ4n) is 2.12. The summed E-state index contributed by atoms with van der Waals surface area (Å²) in [7, 11) is 1.97. The van der Waals surface area contributed by atoms with E-state index in [0.29, 0.717) is 13.1 Å². The van der Waals surface area contributed by atoms with Gasteiger partial charge < -0.3 is 10.6 Å². The lowest BCUT2D eigenvalue weighted by atomic mass is 10.1. The molecule has 7 heteroatoms. The highest BCUT2D eigenvalue weighted by atomic mass is 19.1. The van der Waals surface area contributed by atoms with Gasteiger partial charge in [-0.1, -0.05) is 0 Å². The van der Waals surface area contributed by atoms with E-state index >= 15 is 0 Å². The Morgan fingerprint density at radius 2 is 2.24 bits per heavy atom. The van der Waals surface area contributed by atoms with E-state index in [1.165, 1.54) is 0 Å². The van der Waals surface area contributed by atoms with Crippen molar-refractivity contribution in [3.8, 4) is 17.3 Å². The van der Waals surface area contributed by atoms with Gasteiger partial charge in [-0.25, -0.2) is 9.37 Å². The summed E-state index contributed by atoms with van der Waals surface area (Å²) in [4.78, 5) is 6.07. The van der Waals surface area contributed by atoms with E-state index in [-0.39, 0.29) is 11.3 Å². The highest BCUT2D eigenvalue weighted by Gasteiger charge is 2.13. The zero-order valence-corrected chi connectivity index (χ0v) is 11.8. The highest BCUT2D eigenvalue weighted by molar-refractivity contribution is 5.63. The first-order valence-corrected chi connectivity index (χ1v) is 6.55. The van der Waals surface area contributed by atoms with Gasteiger partial charge in [-0.15, -0.1) is 0 Å². The van der Waals surface area contributed by atoms with Crippen molar-refractivity contribution in [1.82, 2.24) is 20.1 Å². The molecule has 0 bridgehead atoms. The number of hydrogen-bond donors (Lipinski definition) is 2. The van der Waals surface area contributed by atoms with Crippen molar-refractivity contribution in [3.63, 3.8) is 0 Å². The zero-order valence-electron chi connectivity index (χ0n) is 11.8. The number of nitrogens with one attached hydrogen (secondary N) is 1. The number of aromatic nitrogens is 3. The molecule has 0 aliphatic carbocycles. The summed E-state index contributed by atoms with van der Waals surface area (Å²) < 4.78 is 13.0. The van der Waals surface area contributed by atoms with Crippen LogP contribution in [0.1, 0.15) is 16.8 Å². The fourth-order valence-corrected chi connectivity index (χ4v) is 2.12. The van der Waals surface area contributed by atoms with E-state index in [2.05, 4.69) is 20.1 Å². The van der Waals surface area contributed by atoms with Crippen molar-refractivity contribution >= 4 is 0 Å². The van der Waals surface area contributed by atoms with Gasteiger partial charge in [0.2, 0.25) is 0 Å². The summed E-state index contributed by atoms with van der Waals surface area (Å²) in [6, 6.07) is 3.51. The second-order valence-corrected chi connectivity index (χ2v) is 4.77. The van der Waals surface area contributed by atoms with Crippen LogP contribution in [0.5, 0.6) is 0 Å². The number of nitriles is 1. The second-order valence-electron chi connectivity index (χ2n) is 4.77. The van der Waals surface area contributed by atoms with Crippen LogP contribution in [0.3, 0.4) is 0 Å². The Balaban J connectivity index is 2.31. The van der Waals surface area contributed by atoms with Gasteiger partial charge in [0, 0.05) is 42.5 Å². The number of hydrogen-bond acceptors (Lipinski definition) is 5. The van der Waals surface area contributed by atoms with Gasteiger partial charge in [0.05, 0.1) is 11.9 Å². The third kappa shape index (κ3) is 3.42. The molecule has 0 aromatic carbocycles. The Kier molecular flexibility index (Phi) is 4.98. The van der Waals surface area contributed by atoms with E-state index in [1.807, 2.05) is 13.1 Å². The third-order valence-corrected chi connectivity index (χ3v) is 3.17. The van der Waals surface area contributed by atoms with Gasteiger partial charge in [0.25, 0.3) is 0 Å². The van der Waals surface area contributed by atoms with Crippen LogP contribution < -0.4 is 5.73 Å². The van der Waals surface area contributed by atoms with Crippen LogP contribution in [-0.2, 0) is 13.2 Å². The molecule has 0 aliphatic rings. The van der Waals surface area contributed by atoms with E-state index in [0.717, 1.165) is 23.4 Å². The Bertz CT molecular complexity index is 645. The lowest BCUT2D eigenvalue weighted by Gasteiger charge is -2.15. The van der Waals surface area contributed by atoms with Crippen molar-refractivity contribution in [1.29, 1.82) is 5.26 Å². The molecule has 0 spiro atoms. The number of pyridine rings is 1. The topological polar surface area (TPSA) is 94.6 Å². The van der Waals surface area contributed by atoms with Crippen molar-refractivity contribution in [3.05, 3.63) is 35.3 Å². The average Bonchev–Trinajstić information content (AvgIpc) is 2.94. The van der Waals surface area contributed by atoms with E-state index in [4.69, 9.17) is 11.0 Å². The lowest BCUT2D eigenvalue weighted by Crippen LogP contribution is -2.25. The number of halogens is 1. The van der Waals surface area contributed by atoms with Crippen molar-refractivity contribution in [2.45, 2.75) is 13.2 Å². The van der Waals surface area contributed by atoms with Crippen molar-refractivity contribution in [2.75, 3.05) is 20.1 Å². The lowest BCUT2D eigenvalue weighted by molar-refractivity contribution is 0.337. The van der Waals surface area contributed by atoms with Gasteiger partial charge in [0.1, 0.15) is 18.4 Å². The summed E-state index contributed by atoms with van der Waals surface area (Å²) in [5, 5.41) is 15.8. The molecule has 2 heterocycles. The molecule has 0 saturated carbocycles. The van der Waals surface area contributed by atoms with Crippen molar-refractivity contribution < 1.29 is 4.39 Å². The standard InChI is InChI=1S/C14H17FN6/c1-21(3-2-16)9-12-8-19-20-14(12)11-4-10(5-15)13(6-17)18-7-11/h4,7-8H,2-3,5,9,16H2,1H3,(H,19,20). The zero-order chi connectivity index (χ0) is 15.2. The molecule has 2 rings (SSSR count). The van der Waals surface area contributed by atoms with Crippen LogP contribution in [0.25, 0.3) is 11.3 Å². The molecule has 2 aromatic heterocycles. The summed E-state index contributed by atoms with van der Waals surface area (Å²) >= 11 is 0. The van der Waals surface area contributed by atoms with Gasteiger partial charge in [-0.3, -0.25) is 5.10 Å². The van der Waals surface area contributed by atoms with Crippen molar-refractivity contribution in [2.24, 2.45) is 5.73 Å².